The van der Waals surface area contributed by atoms with E-state index >= 15 is 0 Å². The number of nitrogens with one attached hydrogen (secondary N) is 1. The summed E-state index contributed by atoms with van der Waals surface area (Å²) in [5, 5.41) is 13.8. The minimum atomic E-state index is -0.628. The van der Waals surface area contributed by atoms with Crippen molar-refractivity contribution >= 4 is 0 Å². The van der Waals surface area contributed by atoms with Gasteiger partial charge in [0, 0.05) is 25.3 Å². The Morgan fingerprint density at radius 2 is 1.91 bits per heavy atom. The lowest BCUT2D eigenvalue weighted by atomic mass is 9.94. The number of benzene rings is 1. The predicted octanol–water partition coefficient (Wildman–Crippen LogP) is 2.28. The van der Waals surface area contributed by atoms with E-state index in [2.05, 4.69) is 19.2 Å². The molecule has 1 aromatic rings. The van der Waals surface area contributed by atoms with Gasteiger partial charge in [-0.1, -0.05) is 0 Å². The van der Waals surface area contributed by atoms with Gasteiger partial charge >= 0.3 is 0 Å². The zero-order chi connectivity index (χ0) is 16.2. The van der Waals surface area contributed by atoms with E-state index in [9.17, 15) is 5.11 Å². The predicted molar refractivity (Wildman–Crippen MR) is 85.6 cm³/mol. The molecule has 5 heteroatoms. The maximum Gasteiger partial charge on any atom is 0.122 e. The van der Waals surface area contributed by atoms with Gasteiger partial charge in [-0.25, -0.2) is 0 Å². The topological polar surface area (TPSA) is 60.0 Å². The third-order valence-electron chi connectivity index (χ3n) is 4.54. The Balaban J connectivity index is 1.98. The van der Waals surface area contributed by atoms with Crippen LogP contribution in [0.5, 0.6) is 11.5 Å². The second-order valence-electron chi connectivity index (χ2n) is 6.06. The van der Waals surface area contributed by atoms with Crippen LogP contribution in [0.15, 0.2) is 18.2 Å². The van der Waals surface area contributed by atoms with E-state index < -0.39 is 6.10 Å². The molecule has 1 aliphatic rings. The van der Waals surface area contributed by atoms with Crippen LogP contribution in [0.1, 0.15) is 38.4 Å². The van der Waals surface area contributed by atoms with Gasteiger partial charge < -0.3 is 24.6 Å². The maximum absolute atomic E-state index is 10.4. The van der Waals surface area contributed by atoms with Crippen molar-refractivity contribution in [2.45, 2.75) is 44.4 Å². The molecule has 5 nitrogen and oxygen atoms in total. The summed E-state index contributed by atoms with van der Waals surface area (Å²) >= 11 is 0. The molecule has 0 radical (unpaired) electrons. The first-order valence-corrected chi connectivity index (χ1v) is 7.77. The van der Waals surface area contributed by atoms with Gasteiger partial charge in [-0.2, -0.15) is 0 Å². The summed E-state index contributed by atoms with van der Waals surface area (Å²) in [5.74, 6) is 1.35. The van der Waals surface area contributed by atoms with Crippen molar-refractivity contribution in [3.05, 3.63) is 23.8 Å². The van der Waals surface area contributed by atoms with Gasteiger partial charge in [-0.15, -0.1) is 0 Å². The molecule has 1 saturated heterocycles. The van der Waals surface area contributed by atoms with E-state index in [4.69, 9.17) is 14.2 Å². The highest BCUT2D eigenvalue weighted by Crippen LogP contribution is 2.29. The van der Waals surface area contributed by atoms with E-state index in [0.717, 1.165) is 25.0 Å². The number of rotatable bonds is 7. The zero-order valence-corrected chi connectivity index (χ0v) is 13.9. The largest absolute Gasteiger partial charge is 0.497 e. The Morgan fingerprint density at radius 3 is 2.41 bits per heavy atom. The molecule has 2 N–H and O–H groups in total. The Bertz CT molecular complexity index is 463. The van der Waals surface area contributed by atoms with Crippen molar-refractivity contribution in [3.63, 3.8) is 0 Å². The van der Waals surface area contributed by atoms with Crippen LogP contribution in [-0.2, 0) is 4.74 Å². The second-order valence-corrected chi connectivity index (χ2v) is 6.06. The molecule has 22 heavy (non-hydrogen) atoms. The smallest absolute Gasteiger partial charge is 0.122 e. The van der Waals surface area contributed by atoms with Gasteiger partial charge in [-0.3, -0.25) is 0 Å². The molecular weight excluding hydrogens is 282 g/mol. The number of aliphatic hydroxyl groups is 1. The van der Waals surface area contributed by atoms with Crippen LogP contribution < -0.4 is 14.8 Å². The lowest BCUT2D eigenvalue weighted by Gasteiger charge is -2.32. The molecule has 124 valence electrons. The first-order chi connectivity index (χ1) is 10.5. The van der Waals surface area contributed by atoms with Crippen molar-refractivity contribution in [3.8, 4) is 11.5 Å². The minimum absolute atomic E-state index is 0.147. The van der Waals surface area contributed by atoms with Gasteiger partial charge in [0.2, 0.25) is 0 Å². The van der Waals surface area contributed by atoms with Crippen LogP contribution in [-0.4, -0.2) is 44.1 Å². The molecule has 0 aliphatic carbocycles. The lowest BCUT2D eigenvalue weighted by Crippen LogP contribution is -2.47. The van der Waals surface area contributed by atoms with Gasteiger partial charge in [-0.05, 0) is 44.4 Å². The van der Waals surface area contributed by atoms with Crippen LogP contribution in [0.2, 0.25) is 0 Å². The second kappa shape index (κ2) is 7.31. The summed E-state index contributed by atoms with van der Waals surface area (Å²) in [7, 11) is 3.20. The number of ether oxygens (including phenoxy) is 3. The van der Waals surface area contributed by atoms with E-state index in [1.54, 1.807) is 20.3 Å². The van der Waals surface area contributed by atoms with Crippen molar-refractivity contribution in [1.29, 1.82) is 0 Å². The summed E-state index contributed by atoms with van der Waals surface area (Å²) in [6, 6.07) is 5.62. The fourth-order valence-electron chi connectivity index (χ4n) is 2.79. The van der Waals surface area contributed by atoms with Gasteiger partial charge in [0.05, 0.1) is 25.9 Å². The molecule has 0 aromatic heterocycles. The normalized spacial score (nSPS) is 24.0. The summed E-state index contributed by atoms with van der Waals surface area (Å²) in [5.41, 5.74) is 0.625. The fraction of sp³-hybridized carbons (Fsp3) is 0.647. The summed E-state index contributed by atoms with van der Waals surface area (Å²) < 4.78 is 16.3. The summed E-state index contributed by atoms with van der Waals surface area (Å²) in [4.78, 5) is 0. The Morgan fingerprint density at radius 1 is 1.27 bits per heavy atom. The van der Waals surface area contributed by atoms with Crippen LogP contribution in [0, 0.1) is 0 Å². The SMILES string of the molecule is COc1cc(OC)cc(C(O)CNC(C)C2(C)CCCO2)c1. The van der Waals surface area contributed by atoms with Gasteiger partial charge in [0.25, 0.3) is 0 Å². The highest BCUT2D eigenvalue weighted by atomic mass is 16.5. The number of methoxy groups -OCH3 is 2. The molecular formula is C17H27NO4. The fourth-order valence-corrected chi connectivity index (χ4v) is 2.79. The first kappa shape index (κ1) is 17.1. The first-order valence-electron chi connectivity index (χ1n) is 7.77. The van der Waals surface area contributed by atoms with Crippen molar-refractivity contribution in [1.82, 2.24) is 5.32 Å². The standard InChI is InChI=1S/C17H27NO4/c1-12(17(2)6-5-7-22-17)18-11-16(19)13-8-14(20-3)10-15(9-13)21-4/h8-10,12,16,18-19H,5-7,11H2,1-4H3. The molecule has 1 aromatic carbocycles. The molecule has 1 heterocycles. The summed E-state index contributed by atoms with van der Waals surface area (Å²) in [6.45, 7) is 5.50. The van der Waals surface area contributed by atoms with Crippen molar-refractivity contribution < 1.29 is 19.3 Å². The summed E-state index contributed by atoms with van der Waals surface area (Å²) in [6.07, 6.45) is 1.51. The monoisotopic (exact) mass is 309 g/mol. The quantitative estimate of drug-likeness (QED) is 0.809. The van der Waals surface area contributed by atoms with Crippen LogP contribution in [0.3, 0.4) is 0 Å². The number of hydrogen-bond donors (Lipinski definition) is 2. The molecule has 1 fully saturated rings. The molecule has 3 atom stereocenters. The van der Waals surface area contributed by atoms with Crippen LogP contribution in [0.25, 0.3) is 0 Å². The van der Waals surface area contributed by atoms with E-state index in [1.165, 1.54) is 0 Å². The average molecular weight is 309 g/mol. The van der Waals surface area contributed by atoms with E-state index in [0.29, 0.717) is 18.0 Å². The molecule has 3 unspecified atom stereocenters. The van der Waals surface area contributed by atoms with Gasteiger partial charge in [0.1, 0.15) is 11.5 Å². The van der Waals surface area contributed by atoms with Crippen LogP contribution >= 0.6 is 0 Å². The Labute approximate surface area is 132 Å². The third-order valence-corrected chi connectivity index (χ3v) is 4.54. The van der Waals surface area contributed by atoms with Crippen molar-refractivity contribution in [2.75, 3.05) is 27.4 Å². The molecule has 1 aliphatic heterocycles. The molecule has 0 spiro atoms. The van der Waals surface area contributed by atoms with E-state index in [-0.39, 0.29) is 11.6 Å². The lowest BCUT2D eigenvalue weighted by molar-refractivity contribution is -0.00942. The Hall–Kier alpha value is -1.30. The average Bonchev–Trinajstić information content (AvgIpc) is 2.99. The molecule has 2 rings (SSSR count). The highest BCUT2D eigenvalue weighted by Gasteiger charge is 2.35. The molecule has 0 amide bonds. The van der Waals surface area contributed by atoms with Crippen molar-refractivity contribution in [2.24, 2.45) is 0 Å². The maximum atomic E-state index is 10.4. The number of aliphatic hydroxyl groups excluding tert-OH is 1. The zero-order valence-electron chi connectivity index (χ0n) is 13.9. The number of hydrogen-bond acceptors (Lipinski definition) is 5. The molecule has 0 saturated carbocycles. The molecule has 0 bridgehead atoms. The Kier molecular flexibility index (Phi) is 5.67. The minimum Gasteiger partial charge on any atom is -0.497 e. The third kappa shape index (κ3) is 3.91. The van der Waals surface area contributed by atoms with Gasteiger partial charge in [0.15, 0.2) is 0 Å². The van der Waals surface area contributed by atoms with Crippen LogP contribution in [0.4, 0.5) is 0 Å². The van der Waals surface area contributed by atoms with E-state index in [1.807, 2.05) is 12.1 Å². The highest BCUT2D eigenvalue weighted by molar-refractivity contribution is 5.39.